The van der Waals surface area contributed by atoms with Crippen LogP contribution in [-0.4, -0.2) is 17.6 Å². The summed E-state index contributed by atoms with van der Waals surface area (Å²) in [7, 11) is 0. The Labute approximate surface area is 99.5 Å². The Morgan fingerprint density at radius 3 is 3.12 bits per heavy atom. The summed E-state index contributed by atoms with van der Waals surface area (Å²) in [5.74, 6) is 5.59. The summed E-state index contributed by atoms with van der Waals surface area (Å²) in [6, 6.07) is 0.144. The van der Waals surface area contributed by atoms with Crippen LogP contribution in [0.5, 0.6) is 0 Å². The van der Waals surface area contributed by atoms with Crippen molar-refractivity contribution >= 4 is 11.3 Å². The van der Waals surface area contributed by atoms with Crippen LogP contribution in [0.15, 0.2) is 17.2 Å². The van der Waals surface area contributed by atoms with Gasteiger partial charge in [-0.25, -0.2) is 4.98 Å². The van der Waals surface area contributed by atoms with Crippen molar-refractivity contribution in [3.05, 3.63) is 27.9 Å². The molecule has 16 heavy (non-hydrogen) atoms. The van der Waals surface area contributed by atoms with Crippen LogP contribution in [0.3, 0.4) is 0 Å². The fraction of sp³-hybridized carbons (Fsp3) is 0.545. The van der Waals surface area contributed by atoms with Crippen LogP contribution in [0.2, 0.25) is 0 Å². The molecule has 4 nitrogen and oxygen atoms in total. The van der Waals surface area contributed by atoms with Gasteiger partial charge in [0.1, 0.15) is 0 Å². The van der Waals surface area contributed by atoms with Crippen LogP contribution in [0, 0.1) is 6.92 Å². The van der Waals surface area contributed by atoms with Crippen molar-refractivity contribution in [2.24, 2.45) is 5.84 Å². The number of hydrogen-bond acceptors (Lipinski definition) is 5. The molecule has 1 aliphatic heterocycles. The molecule has 0 amide bonds. The third kappa shape index (κ3) is 2.81. The Kier molecular flexibility index (Phi) is 3.93. The molecular formula is C11H17N3OS. The van der Waals surface area contributed by atoms with Crippen molar-refractivity contribution in [1.82, 2.24) is 10.4 Å². The maximum Gasteiger partial charge on any atom is 0.0947 e. The minimum absolute atomic E-state index is 0.144. The number of ether oxygens (including phenoxy) is 1. The van der Waals surface area contributed by atoms with Crippen LogP contribution in [0.4, 0.5) is 0 Å². The number of aryl methyl sites for hydroxylation is 1. The largest absolute Gasteiger partial charge is 0.501 e. The van der Waals surface area contributed by atoms with Gasteiger partial charge in [-0.3, -0.25) is 11.3 Å². The molecule has 1 unspecified atom stereocenters. The number of hydrogen-bond donors (Lipinski definition) is 2. The first kappa shape index (κ1) is 11.6. The maximum atomic E-state index is 5.59. The number of nitrogens with two attached hydrogens (primary N) is 1. The number of nitrogens with one attached hydrogen (secondary N) is 1. The van der Waals surface area contributed by atoms with Gasteiger partial charge in [0.05, 0.1) is 23.9 Å². The Morgan fingerprint density at radius 1 is 1.69 bits per heavy atom. The minimum Gasteiger partial charge on any atom is -0.501 e. The van der Waals surface area contributed by atoms with Gasteiger partial charge in [-0.1, -0.05) is 0 Å². The smallest absolute Gasteiger partial charge is 0.0947 e. The van der Waals surface area contributed by atoms with Gasteiger partial charge < -0.3 is 4.74 Å². The molecule has 1 aliphatic rings. The summed E-state index contributed by atoms with van der Waals surface area (Å²) in [6.07, 6.45) is 4.80. The van der Waals surface area contributed by atoms with E-state index in [1.54, 1.807) is 11.3 Å². The highest BCUT2D eigenvalue weighted by Gasteiger charge is 2.17. The highest BCUT2D eigenvalue weighted by molar-refractivity contribution is 7.09. The minimum atomic E-state index is 0.144. The van der Waals surface area contributed by atoms with Gasteiger partial charge in [-0.15, -0.1) is 11.3 Å². The summed E-state index contributed by atoms with van der Waals surface area (Å²) in [4.78, 5) is 4.45. The van der Waals surface area contributed by atoms with Gasteiger partial charge in [0.2, 0.25) is 0 Å². The molecule has 3 N–H and O–H groups in total. The van der Waals surface area contributed by atoms with Crippen LogP contribution >= 0.6 is 11.3 Å². The van der Waals surface area contributed by atoms with Crippen molar-refractivity contribution in [1.29, 1.82) is 0 Å². The first-order valence-electron chi connectivity index (χ1n) is 5.47. The molecule has 2 rings (SSSR count). The third-order valence-electron chi connectivity index (χ3n) is 2.66. The fourth-order valence-corrected chi connectivity index (χ4v) is 2.63. The summed E-state index contributed by atoms with van der Waals surface area (Å²) < 4.78 is 5.33. The number of hydrazine groups is 1. The monoisotopic (exact) mass is 239 g/mol. The average Bonchev–Trinajstić information content (AvgIpc) is 2.73. The van der Waals surface area contributed by atoms with E-state index in [-0.39, 0.29) is 6.04 Å². The third-order valence-corrected chi connectivity index (χ3v) is 3.65. The second-order valence-electron chi connectivity index (χ2n) is 3.97. The second-order valence-corrected chi connectivity index (χ2v) is 4.92. The van der Waals surface area contributed by atoms with Gasteiger partial charge in [0.15, 0.2) is 0 Å². The van der Waals surface area contributed by atoms with Crippen molar-refractivity contribution in [3.63, 3.8) is 0 Å². The van der Waals surface area contributed by atoms with E-state index >= 15 is 0 Å². The van der Waals surface area contributed by atoms with Crippen molar-refractivity contribution < 1.29 is 4.74 Å². The lowest BCUT2D eigenvalue weighted by Gasteiger charge is -2.21. The first-order chi connectivity index (χ1) is 7.79. The van der Waals surface area contributed by atoms with Crippen LogP contribution in [0.1, 0.15) is 23.5 Å². The van der Waals surface area contributed by atoms with E-state index < -0.39 is 0 Å². The van der Waals surface area contributed by atoms with Crippen molar-refractivity contribution in [3.8, 4) is 0 Å². The number of aromatic nitrogens is 1. The highest BCUT2D eigenvalue weighted by Crippen LogP contribution is 2.20. The normalized spacial score (nSPS) is 17.8. The molecule has 0 bridgehead atoms. The molecule has 1 atom stereocenters. The zero-order valence-electron chi connectivity index (χ0n) is 9.40. The van der Waals surface area contributed by atoms with E-state index in [1.807, 2.05) is 13.2 Å². The zero-order valence-corrected chi connectivity index (χ0v) is 10.2. The van der Waals surface area contributed by atoms with Crippen molar-refractivity contribution in [2.75, 3.05) is 6.61 Å². The molecular weight excluding hydrogens is 222 g/mol. The summed E-state index contributed by atoms with van der Waals surface area (Å²) >= 11 is 1.68. The second kappa shape index (κ2) is 5.43. The zero-order chi connectivity index (χ0) is 11.4. The molecule has 0 fully saturated rings. The van der Waals surface area contributed by atoms with Gasteiger partial charge in [0.25, 0.3) is 0 Å². The summed E-state index contributed by atoms with van der Waals surface area (Å²) in [5.41, 5.74) is 5.16. The van der Waals surface area contributed by atoms with Crippen LogP contribution < -0.4 is 11.3 Å². The molecule has 0 aliphatic carbocycles. The average molecular weight is 239 g/mol. The lowest BCUT2D eigenvalue weighted by Crippen LogP contribution is -2.39. The van der Waals surface area contributed by atoms with E-state index in [0.717, 1.165) is 36.6 Å². The standard InChI is InChI=1S/C11H17N3OS/c1-8-7-16-11(13-8)5-10(14-12)9-3-2-4-15-6-9/h6-7,10,14H,2-5,12H2,1H3. The van der Waals surface area contributed by atoms with E-state index in [2.05, 4.69) is 15.8 Å². The van der Waals surface area contributed by atoms with Crippen molar-refractivity contribution in [2.45, 2.75) is 32.2 Å². The molecule has 0 aromatic carbocycles. The highest BCUT2D eigenvalue weighted by atomic mass is 32.1. The molecule has 0 spiro atoms. The molecule has 1 aromatic heterocycles. The summed E-state index contributed by atoms with van der Waals surface area (Å²) in [6.45, 7) is 2.82. The Morgan fingerprint density at radius 2 is 2.56 bits per heavy atom. The van der Waals surface area contributed by atoms with Gasteiger partial charge in [-0.2, -0.15) is 0 Å². The lowest BCUT2D eigenvalue weighted by atomic mass is 10.0. The van der Waals surface area contributed by atoms with E-state index in [9.17, 15) is 0 Å². The predicted molar refractivity (Wildman–Crippen MR) is 64.9 cm³/mol. The Hall–Kier alpha value is -0.910. The molecule has 1 aromatic rings. The summed E-state index contributed by atoms with van der Waals surface area (Å²) in [5, 5.41) is 3.18. The molecule has 2 heterocycles. The van der Waals surface area contributed by atoms with E-state index in [1.165, 1.54) is 5.57 Å². The Balaban J connectivity index is 2.02. The lowest BCUT2D eigenvalue weighted by molar-refractivity contribution is 0.219. The number of nitrogens with zero attached hydrogens (tertiary/aromatic N) is 1. The van der Waals surface area contributed by atoms with Crippen LogP contribution in [0.25, 0.3) is 0 Å². The van der Waals surface area contributed by atoms with E-state index in [4.69, 9.17) is 10.6 Å². The molecule has 0 radical (unpaired) electrons. The SMILES string of the molecule is Cc1csc(CC(NN)C2=COCCC2)n1. The van der Waals surface area contributed by atoms with Gasteiger partial charge >= 0.3 is 0 Å². The fourth-order valence-electron chi connectivity index (χ4n) is 1.81. The molecule has 88 valence electrons. The molecule has 0 saturated carbocycles. The first-order valence-corrected chi connectivity index (χ1v) is 6.35. The van der Waals surface area contributed by atoms with Crippen LogP contribution in [-0.2, 0) is 11.2 Å². The number of thiazole rings is 1. The predicted octanol–water partition coefficient (Wildman–Crippen LogP) is 1.52. The number of rotatable bonds is 4. The topological polar surface area (TPSA) is 60.2 Å². The Bertz CT molecular complexity index is 375. The van der Waals surface area contributed by atoms with Gasteiger partial charge in [0, 0.05) is 17.5 Å². The van der Waals surface area contributed by atoms with Gasteiger partial charge in [-0.05, 0) is 25.3 Å². The quantitative estimate of drug-likeness (QED) is 0.618. The maximum absolute atomic E-state index is 5.59. The molecule has 5 heteroatoms. The molecule has 0 saturated heterocycles. The van der Waals surface area contributed by atoms with E-state index in [0.29, 0.717) is 0 Å².